The number of nitrogens with zero attached hydrogens (tertiary/aromatic N) is 2. The van der Waals surface area contributed by atoms with Gasteiger partial charge in [-0.3, -0.25) is 9.80 Å². The van der Waals surface area contributed by atoms with Crippen LogP contribution in [0.5, 0.6) is 0 Å². The molecule has 2 N–H and O–H groups in total. The second kappa shape index (κ2) is 6.32. The summed E-state index contributed by atoms with van der Waals surface area (Å²) in [6.45, 7) is 6.62. The van der Waals surface area contributed by atoms with Crippen LogP contribution in [-0.2, 0) is 0 Å². The lowest BCUT2D eigenvalue weighted by Crippen LogP contribution is -2.59. The lowest BCUT2D eigenvalue weighted by molar-refractivity contribution is -0.00592. The molecule has 2 aliphatic heterocycles. The Kier molecular flexibility index (Phi) is 4.68. The van der Waals surface area contributed by atoms with Crippen molar-refractivity contribution in [3.8, 4) is 0 Å². The molecule has 0 spiro atoms. The van der Waals surface area contributed by atoms with Crippen LogP contribution >= 0.6 is 22.9 Å². The van der Waals surface area contributed by atoms with Crippen LogP contribution in [0.4, 0.5) is 0 Å². The van der Waals surface area contributed by atoms with Crippen LogP contribution in [0.15, 0.2) is 12.1 Å². The molecular formula is C15H24ClN3S. The van der Waals surface area contributed by atoms with E-state index < -0.39 is 0 Å². The van der Waals surface area contributed by atoms with Crippen molar-refractivity contribution >= 4 is 22.9 Å². The first kappa shape index (κ1) is 14.8. The molecule has 0 aliphatic carbocycles. The number of fused-ring (bicyclic) bond motifs is 1. The van der Waals surface area contributed by atoms with Crippen molar-refractivity contribution in [2.75, 3.05) is 26.2 Å². The number of piperidine rings is 1. The molecule has 3 nitrogen and oxygen atoms in total. The molecule has 3 heterocycles. The van der Waals surface area contributed by atoms with Gasteiger partial charge in [-0.15, -0.1) is 11.3 Å². The second-order valence-corrected chi connectivity index (χ2v) is 7.83. The van der Waals surface area contributed by atoms with E-state index in [1.807, 2.05) is 6.07 Å². The maximum atomic E-state index is 6.10. The molecule has 1 aromatic rings. The summed E-state index contributed by atoms with van der Waals surface area (Å²) in [6, 6.07) is 5.76. The topological polar surface area (TPSA) is 32.5 Å². The Morgan fingerprint density at radius 1 is 1.40 bits per heavy atom. The summed E-state index contributed by atoms with van der Waals surface area (Å²) in [5.41, 5.74) is 6.08. The normalized spacial score (nSPS) is 30.1. The lowest BCUT2D eigenvalue weighted by Gasteiger charge is -2.49. The fourth-order valence-corrected chi connectivity index (χ4v) is 4.93. The summed E-state index contributed by atoms with van der Waals surface area (Å²) < 4.78 is 0.863. The second-order valence-electron chi connectivity index (χ2n) is 6.08. The third kappa shape index (κ3) is 2.90. The van der Waals surface area contributed by atoms with Crippen LogP contribution in [-0.4, -0.2) is 48.1 Å². The van der Waals surface area contributed by atoms with E-state index in [1.165, 1.54) is 37.2 Å². The van der Waals surface area contributed by atoms with E-state index in [4.69, 9.17) is 17.3 Å². The molecular weight excluding hydrogens is 290 g/mol. The molecule has 3 atom stereocenters. The Balaban J connectivity index is 1.77. The zero-order valence-electron chi connectivity index (χ0n) is 12.1. The van der Waals surface area contributed by atoms with Crippen molar-refractivity contribution in [1.29, 1.82) is 0 Å². The third-order valence-electron chi connectivity index (χ3n) is 4.78. The summed E-state index contributed by atoms with van der Waals surface area (Å²) in [4.78, 5) is 6.60. The minimum absolute atomic E-state index is 0.326. The highest BCUT2D eigenvalue weighted by Gasteiger charge is 2.36. The molecule has 2 saturated heterocycles. The summed E-state index contributed by atoms with van der Waals surface area (Å²) in [5.74, 6) is 0. The first-order chi connectivity index (χ1) is 9.69. The van der Waals surface area contributed by atoms with E-state index in [-0.39, 0.29) is 0 Å². The average molecular weight is 314 g/mol. The first-order valence-electron chi connectivity index (χ1n) is 7.64. The number of halogens is 1. The van der Waals surface area contributed by atoms with Crippen molar-refractivity contribution in [3.63, 3.8) is 0 Å². The fraction of sp³-hybridized carbons (Fsp3) is 0.733. The van der Waals surface area contributed by atoms with Crippen LogP contribution in [0.1, 0.15) is 37.1 Å². The molecule has 0 bridgehead atoms. The Labute approximate surface area is 130 Å². The molecule has 2 fully saturated rings. The van der Waals surface area contributed by atoms with Gasteiger partial charge in [-0.1, -0.05) is 18.0 Å². The highest BCUT2D eigenvalue weighted by Crippen LogP contribution is 2.34. The van der Waals surface area contributed by atoms with Gasteiger partial charge in [0.1, 0.15) is 0 Å². The number of hydrogen-bond donors (Lipinski definition) is 1. The predicted molar refractivity (Wildman–Crippen MR) is 86.5 cm³/mol. The quantitative estimate of drug-likeness (QED) is 0.931. The van der Waals surface area contributed by atoms with Crippen molar-refractivity contribution in [3.05, 3.63) is 21.3 Å². The zero-order chi connectivity index (χ0) is 14.1. The Morgan fingerprint density at radius 3 is 2.95 bits per heavy atom. The van der Waals surface area contributed by atoms with Gasteiger partial charge in [0, 0.05) is 36.6 Å². The van der Waals surface area contributed by atoms with Gasteiger partial charge in [-0.25, -0.2) is 0 Å². The zero-order valence-corrected chi connectivity index (χ0v) is 13.7. The van der Waals surface area contributed by atoms with Gasteiger partial charge < -0.3 is 5.73 Å². The minimum atomic E-state index is 0.326. The van der Waals surface area contributed by atoms with Crippen LogP contribution in [0.25, 0.3) is 0 Å². The molecule has 0 amide bonds. The van der Waals surface area contributed by atoms with Crippen molar-refractivity contribution in [2.24, 2.45) is 5.73 Å². The Bertz CT molecular complexity index is 450. The van der Waals surface area contributed by atoms with E-state index in [9.17, 15) is 0 Å². The van der Waals surface area contributed by atoms with Crippen molar-refractivity contribution < 1.29 is 0 Å². The van der Waals surface area contributed by atoms with Crippen molar-refractivity contribution in [1.82, 2.24) is 9.80 Å². The average Bonchev–Trinajstić information content (AvgIpc) is 2.86. The van der Waals surface area contributed by atoms with Gasteiger partial charge in [0.05, 0.1) is 10.4 Å². The molecule has 0 radical (unpaired) electrons. The summed E-state index contributed by atoms with van der Waals surface area (Å²) in [6.07, 6.45) is 4.08. The number of hydrogen-bond acceptors (Lipinski definition) is 4. The summed E-state index contributed by atoms with van der Waals surface area (Å²) in [7, 11) is 0. The smallest absolute Gasteiger partial charge is 0.0931 e. The van der Waals surface area contributed by atoms with Crippen LogP contribution in [0, 0.1) is 0 Å². The summed E-state index contributed by atoms with van der Waals surface area (Å²) in [5, 5.41) is 0. The van der Waals surface area contributed by atoms with Gasteiger partial charge in [0.25, 0.3) is 0 Å². The van der Waals surface area contributed by atoms with E-state index in [0.29, 0.717) is 18.6 Å². The van der Waals surface area contributed by atoms with Gasteiger partial charge >= 0.3 is 0 Å². The van der Waals surface area contributed by atoms with Crippen molar-refractivity contribution in [2.45, 2.75) is 44.3 Å². The predicted octanol–water partition coefficient (Wildman–Crippen LogP) is 2.96. The van der Waals surface area contributed by atoms with E-state index in [0.717, 1.165) is 16.9 Å². The molecule has 1 aromatic heterocycles. The van der Waals surface area contributed by atoms with Gasteiger partial charge in [-0.05, 0) is 38.4 Å². The number of rotatable bonds is 3. The SMILES string of the molecule is CC1CN2CCCCC2CN1C(CN)c1ccc(Cl)s1. The molecule has 0 saturated carbocycles. The van der Waals surface area contributed by atoms with Gasteiger partial charge in [-0.2, -0.15) is 0 Å². The molecule has 112 valence electrons. The molecule has 20 heavy (non-hydrogen) atoms. The van der Waals surface area contributed by atoms with Crippen LogP contribution in [0.2, 0.25) is 4.34 Å². The molecule has 5 heteroatoms. The highest BCUT2D eigenvalue weighted by atomic mass is 35.5. The Morgan fingerprint density at radius 2 is 2.25 bits per heavy atom. The van der Waals surface area contributed by atoms with Gasteiger partial charge in [0.15, 0.2) is 0 Å². The van der Waals surface area contributed by atoms with E-state index in [1.54, 1.807) is 11.3 Å². The number of nitrogens with two attached hydrogens (primary N) is 1. The monoisotopic (exact) mass is 313 g/mol. The van der Waals surface area contributed by atoms with Gasteiger partial charge in [0.2, 0.25) is 0 Å². The highest BCUT2D eigenvalue weighted by molar-refractivity contribution is 7.16. The molecule has 2 aliphatic rings. The fourth-order valence-electron chi connectivity index (χ4n) is 3.73. The summed E-state index contributed by atoms with van der Waals surface area (Å²) >= 11 is 7.77. The lowest BCUT2D eigenvalue weighted by atomic mass is 9.95. The van der Waals surface area contributed by atoms with E-state index in [2.05, 4.69) is 22.8 Å². The third-order valence-corrected chi connectivity index (χ3v) is 6.11. The molecule has 3 rings (SSSR count). The largest absolute Gasteiger partial charge is 0.329 e. The first-order valence-corrected chi connectivity index (χ1v) is 8.83. The maximum absolute atomic E-state index is 6.10. The molecule has 3 unspecified atom stereocenters. The number of thiophene rings is 1. The Hall–Kier alpha value is -0.130. The minimum Gasteiger partial charge on any atom is -0.329 e. The van der Waals surface area contributed by atoms with Crippen LogP contribution in [0.3, 0.4) is 0 Å². The standard InChI is InChI=1S/C15H24ClN3S/c1-11-9-18-7-3-2-4-12(18)10-19(11)13(8-17)14-5-6-15(16)20-14/h5-6,11-13H,2-4,7-10,17H2,1H3. The molecule has 0 aromatic carbocycles. The van der Waals surface area contributed by atoms with Crippen LogP contribution < -0.4 is 5.73 Å². The number of piperazine rings is 1. The maximum Gasteiger partial charge on any atom is 0.0931 e. The van der Waals surface area contributed by atoms with E-state index >= 15 is 0 Å².